The van der Waals surface area contributed by atoms with E-state index in [1.165, 1.54) is 17.5 Å². The second-order valence-electron chi connectivity index (χ2n) is 5.85. The van der Waals surface area contributed by atoms with Crippen molar-refractivity contribution in [1.29, 1.82) is 0 Å². The lowest BCUT2D eigenvalue weighted by Gasteiger charge is -2.08. The summed E-state index contributed by atoms with van der Waals surface area (Å²) in [6.45, 7) is 0.244. The Morgan fingerprint density at radius 2 is 1.75 bits per heavy atom. The second-order valence-corrected chi connectivity index (χ2v) is 5.85. The molecule has 24 heavy (non-hydrogen) atoms. The first kappa shape index (κ1) is 16.4. The van der Waals surface area contributed by atoms with Crippen LogP contribution in [0.2, 0.25) is 0 Å². The van der Waals surface area contributed by atoms with Gasteiger partial charge in [0.15, 0.2) is 23.4 Å². The van der Waals surface area contributed by atoms with Crippen LogP contribution >= 0.6 is 0 Å². The summed E-state index contributed by atoms with van der Waals surface area (Å²) >= 11 is 0. The first-order valence-corrected chi connectivity index (χ1v) is 7.85. The maximum absolute atomic E-state index is 13.1. The summed E-state index contributed by atoms with van der Waals surface area (Å²) < 4.78 is 39.2. The number of anilines is 1. The highest BCUT2D eigenvalue weighted by Gasteiger charge is 2.11. The van der Waals surface area contributed by atoms with Gasteiger partial charge in [-0.25, -0.2) is 13.2 Å². The normalized spacial score (nSPS) is 13.9. The lowest BCUT2D eigenvalue weighted by atomic mass is 10.1. The lowest BCUT2D eigenvalue weighted by molar-refractivity contribution is 0.445. The van der Waals surface area contributed by atoms with E-state index in [4.69, 9.17) is 5.73 Å². The predicted octanol–water partition coefficient (Wildman–Crippen LogP) is 3.56. The van der Waals surface area contributed by atoms with Crippen molar-refractivity contribution in [3.05, 3.63) is 64.5 Å². The van der Waals surface area contributed by atoms with Gasteiger partial charge in [-0.3, -0.25) is 4.99 Å². The molecule has 0 radical (unpaired) electrons. The topological polar surface area (TPSA) is 50.4 Å². The maximum Gasteiger partial charge on any atom is 0.194 e. The molecule has 1 aliphatic carbocycles. The summed E-state index contributed by atoms with van der Waals surface area (Å²) in [6.07, 6.45) is 3.63. The number of fused-ring (bicyclic) bond motifs is 1. The minimum atomic E-state index is -1.46. The molecule has 3 nitrogen and oxygen atoms in total. The Hall–Kier alpha value is -2.50. The van der Waals surface area contributed by atoms with Crippen molar-refractivity contribution in [3.63, 3.8) is 0 Å². The van der Waals surface area contributed by atoms with E-state index in [9.17, 15) is 13.2 Å². The number of nitrogens with zero attached hydrogens (tertiary/aromatic N) is 1. The number of nitrogens with two attached hydrogens (primary N) is 1. The summed E-state index contributed by atoms with van der Waals surface area (Å²) in [5, 5.41) is 3.01. The second kappa shape index (κ2) is 6.95. The number of guanidine groups is 1. The molecule has 0 spiro atoms. The third-order valence-corrected chi connectivity index (χ3v) is 4.10. The van der Waals surface area contributed by atoms with Crippen molar-refractivity contribution in [2.75, 3.05) is 11.9 Å². The van der Waals surface area contributed by atoms with Gasteiger partial charge in [0, 0.05) is 12.2 Å². The van der Waals surface area contributed by atoms with Crippen molar-refractivity contribution < 1.29 is 13.2 Å². The van der Waals surface area contributed by atoms with Crippen molar-refractivity contribution in [2.45, 2.75) is 25.7 Å². The molecule has 1 aliphatic rings. The van der Waals surface area contributed by atoms with Crippen LogP contribution in [0.5, 0.6) is 0 Å². The van der Waals surface area contributed by atoms with Crippen LogP contribution in [0.4, 0.5) is 18.9 Å². The smallest absolute Gasteiger partial charge is 0.194 e. The zero-order chi connectivity index (χ0) is 17.1. The van der Waals surface area contributed by atoms with Gasteiger partial charge in [-0.1, -0.05) is 6.07 Å². The van der Waals surface area contributed by atoms with Gasteiger partial charge in [-0.2, -0.15) is 0 Å². The molecule has 3 N–H and O–H groups in total. The fourth-order valence-corrected chi connectivity index (χ4v) is 2.89. The molecule has 0 unspecified atom stereocenters. The van der Waals surface area contributed by atoms with Crippen LogP contribution in [0.3, 0.4) is 0 Å². The van der Waals surface area contributed by atoms with Gasteiger partial charge >= 0.3 is 0 Å². The van der Waals surface area contributed by atoms with Crippen LogP contribution in [0.15, 0.2) is 35.3 Å². The quantitative estimate of drug-likeness (QED) is 0.511. The number of nitrogens with one attached hydrogen (secondary N) is 1. The monoisotopic (exact) mass is 333 g/mol. The molecule has 0 bridgehead atoms. The Labute approximate surface area is 138 Å². The molecule has 0 fully saturated rings. The highest BCUT2D eigenvalue weighted by Crippen LogP contribution is 2.24. The SMILES string of the molecule is NC(=NCCc1cc(F)c(F)c(F)c1)Nc1ccc2c(c1)CCC2. The number of hydrogen-bond acceptors (Lipinski definition) is 1. The molecule has 0 saturated heterocycles. The fourth-order valence-electron chi connectivity index (χ4n) is 2.89. The Morgan fingerprint density at radius 3 is 2.50 bits per heavy atom. The minimum Gasteiger partial charge on any atom is -0.370 e. The fraction of sp³-hybridized carbons (Fsp3) is 0.278. The highest BCUT2D eigenvalue weighted by molar-refractivity contribution is 5.92. The number of rotatable bonds is 4. The number of aliphatic imine (C=N–C) groups is 1. The maximum atomic E-state index is 13.1. The zero-order valence-electron chi connectivity index (χ0n) is 13.1. The number of benzene rings is 2. The van der Waals surface area contributed by atoms with Gasteiger partial charge < -0.3 is 11.1 Å². The number of hydrogen-bond donors (Lipinski definition) is 2. The van der Waals surface area contributed by atoms with E-state index in [1.54, 1.807) is 0 Å². The van der Waals surface area contributed by atoms with E-state index in [0.29, 0.717) is 5.56 Å². The van der Waals surface area contributed by atoms with E-state index in [1.807, 2.05) is 6.07 Å². The summed E-state index contributed by atoms with van der Waals surface area (Å²) in [7, 11) is 0. The van der Waals surface area contributed by atoms with Gasteiger partial charge in [0.2, 0.25) is 0 Å². The van der Waals surface area contributed by atoms with E-state index in [0.717, 1.165) is 30.7 Å². The van der Waals surface area contributed by atoms with Crippen LogP contribution in [-0.4, -0.2) is 12.5 Å². The molecule has 2 aromatic rings. The van der Waals surface area contributed by atoms with Crippen molar-refractivity contribution in [2.24, 2.45) is 10.7 Å². The molecule has 3 rings (SSSR count). The third kappa shape index (κ3) is 3.69. The molecule has 0 amide bonds. The lowest BCUT2D eigenvalue weighted by Crippen LogP contribution is -2.23. The molecular formula is C18H18F3N3. The first-order chi connectivity index (χ1) is 11.5. The van der Waals surface area contributed by atoms with Crippen LogP contribution in [-0.2, 0) is 19.3 Å². The third-order valence-electron chi connectivity index (χ3n) is 4.10. The molecule has 0 atom stereocenters. The van der Waals surface area contributed by atoms with Gasteiger partial charge in [-0.05, 0) is 66.6 Å². The van der Waals surface area contributed by atoms with Crippen molar-refractivity contribution in [1.82, 2.24) is 0 Å². The summed E-state index contributed by atoms with van der Waals surface area (Å²) in [6, 6.07) is 8.05. The molecule has 6 heteroatoms. The van der Waals surface area contributed by atoms with E-state index in [2.05, 4.69) is 22.4 Å². The molecular weight excluding hydrogens is 315 g/mol. The molecule has 0 heterocycles. The largest absolute Gasteiger partial charge is 0.370 e. The van der Waals surface area contributed by atoms with Crippen LogP contribution < -0.4 is 11.1 Å². The van der Waals surface area contributed by atoms with Crippen molar-refractivity contribution in [3.8, 4) is 0 Å². The van der Waals surface area contributed by atoms with Crippen LogP contribution in [0.1, 0.15) is 23.1 Å². The number of halogens is 3. The number of aryl methyl sites for hydroxylation is 2. The van der Waals surface area contributed by atoms with Crippen LogP contribution in [0, 0.1) is 17.5 Å². The minimum absolute atomic E-state index is 0.232. The standard InChI is InChI=1S/C18H18F3N3/c19-15-8-11(9-16(20)17(15)21)6-7-23-18(22)24-14-5-4-12-2-1-3-13(12)10-14/h4-5,8-10H,1-3,6-7H2,(H3,22,23,24). The Kier molecular flexibility index (Phi) is 4.74. The molecule has 126 valence electrons. The molecule has 0 saturated carbocycles. The van der Waals surface area contributed by atoms with Crippen molar-refractivity contribution >= 4 is 11.6 Å². The Morgan fingerprint density at radius 1 is 1.04 bits per heavy atom. The van der Waals surface area contributed by atoms with Gasteiger partial charge in [0.25, 0.3) is 0 Å². The van der Waals surface area contributed by atoms with Gasteiger partial charge in [0.05, 0.1) is 0 Å². The first-order valence-electron chi connectivity index (χ1n) is 7.85. The highest BCUT2D eigenvalue weighted by atomic mass is 19.2. The summed E-state index contributed by atoms with van der Waals surface area (Å²) in [5.74, 6) is -3.62. The van der Waals surface area contributed by atoms with E-state index < -0.39 is 17.5 Å². The molecule has 0 aliphatic heterocycles. The Bertz CT molecular complexity index is 764. The molecule has 0 aromatic heterocycles. The predicted molar refractivity (Wildman–Crippen MR) is 88.6 cm³/mol. The van der Waals surface area contributed by atoms with Gasteiger partial charge in [-0.15, -0.1) is 0 Å². The average Bonchev–Trinajstić information content (AvgIpc) is 3.00. The van der Waals surface area contributed by atoms with E-state index in [-0.39, 0.29) is 18.9 Å². The zero-order valence-corrected chi connectivity index (χ0v) is 13.1. The summed E-state index contributed by atoms with van der Waals surface area (Å²) in [5.41, 5.74) is 9.73. The Balaban J connectivity index is 1.58. The molecule has 2 aromatic carbocycles. The summed E-state index contributed by atoms with van der Waals surface area (Å²) in [4.78, 5) is 4.13. The van der Waals surface area contributed by atoms with E-state index >= 15 is 0 Å². The van der Waals surface area contributed by atoms with Crippen LogP contribution in [0.25, 0.3) is 0 Å². The van der Waals surface area contributed by atoms with Gasteiger partial charge in [0.1, 0.15) is 0 Å². The average molecular weight is 333 g/mol.